The number of amides is 2. The highest BCUT2D eigenvalue weighted by atomic mass is 32.1. The average molecular weight is 309 g/mol. The van der Waals surface area contributed by atoms with Gasteiger partial charge in [0, 0.05) is 37.1 Å². The van der Waals surface area contributed by atoms with Crippen LogP contribution in [0, 0.1) is 12.8 Å². The number of hydrogen-bond acceptors (Lipinski definition) is 4. The molecule has 0 radical (unpaired) electrons. The van der Waals surface area contributed by atoms with Gasteiger partial charge in [0.25, 0.3) is 5.91 Å². The Bertz CT molecular complexity index is 519. The van der Waals surface area contributed by atoms with Crippen LogP contribution in [0.5, 0.6) is 0 Å². The van der Waals surface area contributed by atoms with Crippen LogP contribution in [0.25, 0.3) is 0 Å². The normalized spacial score (nSPS) is 18.5. The highest BCUT2D eigenvalue weighted by molar-refractivity contribution is 7.13. The predicted molar refractivity (Wildman–Crippen MR) is 84.4 cm³/mol. The van der Waals surface area contributed by atoms with E-state index in [9.17, 15) is 9.59 Å². The van der Waals surface area contributed by atoms with E-state index < -0.39 is 0 Å². The molecule has 1 fully saturated rings. The zero-order chi connectivity index (χ0) is 15.6. The smallest absolute Gasteiger partial charge is 0.264 e. The third-order valence-corrected chi connectivity index (χ3v) is 5.00. The maximum atomic E-state index is 12.3. The summed E-state index contributed by atoms with van der Waals surface area (Å²) in [5.74, 6) is -0.0169. The van der Waals surface area contributed by atoms with Gasteiger partial charge in [-0.05, 0) is 26.0 Å². The lowest BCUT2D eigenvalue weighted by atomic mass is 10.0. The van der Waals surface area contributed by atoms with Crippen molar-refractivity contribution in [1.29, 1.82) is 0 Å². The number of piperazine rings is 1. The van der Waals surface area contributed by atoms with Crippen molar-refractivity contribution in [2.75, 3.05) is 26.2 Å². The van der Waals surface area contributed by atoms with Gasteiger partial charge in [0.05, 0.1) is 10.8 Å². The van der Waals surface area contributed by atoms with Crippen LogP contribution in [0.1, 0.15) is 28.4 Å². The van der Waals surface area contributed by atoms with E-state index in [-0.39, 0.29) is 23.8 Å². The molecule has 1 aromatic heterocycles. The van der Waals surface area contributed by atoms with Crippen LogP contribution < -0.4 is 5.73 Å². The second-order valence-corrected chi connectivity index (χ2v) is 6.96. The highest BCUT2D eigenvalue weighted by Crippen LogP contribution is 2.18. The van der Waals surface area contributed by atoms with E-state index in [4.69, 9.17) is 5.73 Å². The molecule has 0 aromatic carbocycles. The van der Waals surface area contributed by atoms with Gasteiger partial charge < -0.3 is 15.5 Å². The van der Waals surface area contributed by atoms with Gasteiger partial charge in [-0.1, -0.05) is 6.92 Å². The van der Waals surface area contributed by atoms with Gasteiger partial charge in [-0.3, -0.25) is 9.59 Å². The molecule has 2 atom stereocenters. The Morgan fingerprint density at radius 3 is 2.19 bits per heavy atom. The number of carbonyl (C=O) groups excluding carboxylic acids is 2. The lowest BCUT2D eigenvalue weighted by Gasteiger charge is -2.36. The second kappa shape index (κ2) is 6.58. The molecule has 116 valence electrons. The van der Waals surface area contributed by atoms with E-state index in [0.717, 1.165) is 9.75 Å². The van der Waals surface area contributed by atoms with Crippen LogP contribution in [0.15, 0.2) is 12.1 Å². The first-order valence-corrected chi connectivity index (χ1v) is 8.12. The molecule has 0 bridgehead atoms. The van der Waals surface area contributed by atoms with Crippen molar-refractivity contribution >= 4 is 23.2 Å². The predicted octanol–water partition coefficient (Wildman–Crippen LogP) is 1.32. The van der Waals surface area contributed by atoms with E-state index in [1.807, 2.05) is 42.7 Å². The van der Waals surface area contributed by atoms with Gasteiger partial charge in [0.2, 0.25) is 5.91 Å². The molecule has 2 heterocycles. The number of nitrogens with zero attached hydrogens (tertiary/aromatic N) is 2. The Labute approximate surface area is 129 Å². The van der Waals surface area contributed by atoms with E-state index in [1.165, 1.54) is 11.3 Å². The Morgan fingerprint density at radius 1 is 1.14 bits per heavy atom. The molecule has 1 saturated heterocycles. The van der Waals surface area contributed by atoms with Gasteiger partial charge in [-0.2, -0.15) is 0 Å². The molecule has 2 N–H and O–H groups in total. The summed E-state index contributed by atoms with van der Waals surface area (Å²) in [6.45, 7) is 8.06. The molecular formula is C15H23N3O2S. The van der Waals surface area contributed by atoms with Gasteiger partial charge >= 0.3 is 0 Å². The molecule has 6 heteroatoms. The number of thiophene rings is 1. The molecule has 2 unspecified atom stereocenters. The summed E-state index contributed by atoms with van der Waals surface area (Å²) in [6, 6.07) is 3.69. The highest BCUT2D eigenvalue weighted by Gasteiger charge is 2.28. The fraction of sp³-hybridized carbons (Fsp3) is 0.600. The molecular weight excluding hydrogens is 286 g/mol. The minimum absolute atomic E-state index is 0.0699. The Morgan fingerprint density at radius 2 is 1.71 bits per heavy atom. The van der Waals surface area contributed by atoms with Crippen molar-refractivity contribution in [3.8, 4) is 0 Å². The summed E-state index contributed by atoms with van der Waals surface area (Å²) >= 11 is 1.52. The molecule has 2 amide bonds. The zero-order valence-electron chi connectivity index (χ0n) is 12.8. The number of aryl methyl sites for hydroxylation is 1. The summed E-state index contributed by atoms with van der Waals surface area (Å²) in [5, 5.41) is 0. The van der Waals surface area contributed by atoms with Gasteiger partial charge in [0.15, 0.2) is 0 Å². The first-order chi connectivity index (χ1) is 9.90. The molecule has 1 aromatic rings. The summed E-state index contributed by atoms with van der Waals surface area (Å²) in [4.78, 5) is 30.1. The molecule has 0 spiro atoms. The molecule has 2 rings (SSSR count). The monoisotopic (exact) mass is 309 g/mol. The summed E-state index contributed by atoms with van der Waals surface area (Å²) in [7, 11) is 0. The number of hydrogen-bond donors (Lipinski definition) is 1. The van der Waals surface area contributed by atoms with Crippen molar-refractivity contribution in [1.82, 2.24) is 9.80 Å². The fourth-order valence-electron chi connectivity index (χ4n) is 2.35. The van der Waals surface area contributed by atoms with Gasteiger partial charge in [-0.15, -0.1) is 11.3 Å². The number of rotatable bonds is 3. The molecule has 0 aliphatic carbocycles. The molecule has 1 aliphatic heterocycles. The standard InChI is InChI=1S/C15H23N3O2S/c1-10-4-5-13(21-10)15(20)18-8-6-17(7-9-18)14(19)11(2)12(3)16/h4-5,11-12H,6-9,16H2,1-3H3. The van der Waals surface area contributed by atoms with Crippen LogP contribution in [0.2, 0.25) is 0 Å². The van der Waals surface area contributed by atoms with Crippen molar-refractivity contribution in [2.45, 2.75) is 26.8 Å². The first-order valence-electron chi connectivity index (χ1n) is 7.30. The Balaban J connectivity index is 1.91. The maximum Gasteiger partial charge on any atom is 0.264 e. The fourth-order valence-corrected chi connectivity index (χ4v) is 3.18. The SMILES string of the molecule is Cc1ccc(C(=O)N2CCN(C(=O)C(C)C(C)N)CC2)s1. The van der Waals surface area contributed by atoms with Crippen molar-refractivity contribution < 1.29 is 9.59 Å². The zero-order valence-corrected chi connectivity index (χ0v) is 13.7. The maximum absolute atomic E-state index is 12.3. The third-order valence-electron chi connectivity index (χ3n) is 4.01. The van der Waals surface area contributed by atoms with Crippen LogP contribution in [-0.4, -0.2) is 53.8 Å². The van der Waals surface area contributed by atoms with Crippen LogP contribution >= 0.6 is 11.3 Å². The quantitative estimate of drug-likeness (QED) is 0.916. The van der Waals surface area contributed by atoms with Crippen LogP contribution in [0.4, 0.5) is 0 Å². The van der Waals surface area contributed by atoms with Gasteiger partial charge in [-0.25, -0.2) is 0 Å². The van der Waals surface area contributed by atoms with E-state index in [1.54, 1.807) is 0 Å². The largest absolute Gasteiger partial charge is 0.339 e. The van der Waals surface area contributed by atoms with Gasteiger partial charge in [0.1, 0.15) is 0 Å². The van der Waals surface area contributed by atoms with E-state index in [0.29, 0.717) is 26.2 Å². The van der Waals surface area contributed by atoms with Crippen molar-refractivity contribution in [3.05, 3.63) is 21.9 Å². The average Bonchev–Trinajstić information content (AvgIpc) is 2.91. The minimum atomic E-state index is -0.174. The molecule has 21 heavy (non-hydrogen) atoms. The summed E-state index contributed by atoms with van der Waals surface area (Å²) in [6.07, 6.45) is 0. The number of nitrogens with two attached hydrogens (primary N) is 1. The lowest BCUT2D eigenvalue weighted by molar-refractivity contribution is -0.137. The van der Waals surface area contributed by atoms with Crippen LogP contribution in [0.3, 0.4) is 0 Å². The Kier molecular flexibility index (Phi) is 5.00. The molecule has 1 aliphatic rings. The lowest BCUT2D eigenvalue weighted by Crippen LogP contribution is -2.53. The number of carbonyl (C=O) groups is 2. The third kappa shape index (κ3) is 3.63. The molecule has 0 saturated carbocycles. The van der Waals surface area contributed by atoms with Crippen molar-refractivity contribution in [2.24, 2.45) is 11.7 Å². The minimum Gasteiger partial charge on any atom is -0.339 e. The topological polar surface area (TPSA) is 66.6 Å². The first kappa shape index (κ1) is 16.0. The van der Waals surface area contributed by atoms with Crippen LogP contribution in [-0.2, 0) is 4.79 Å². The van der Waals surface area contributed by atoms with E-state index in [2.05, 4.69) is 0 Å². The summed E-state index contributed by atoms with van der Waals surface area (Å²) in [5.41, 5.74) is 5.79. The Hall–Kier alpha value is -1.40. The van der Waals surface area contributed by atoms with Crippen molar-refractivity contribution in [3.63, 3.8) is 0 Å². The summed E-state index contributed by atoms with van der Waals surface area (Å²) < 4.78 is 0. The molecule has 5 nitrogen and oxygen atoms in total. The van der Waals surface area contributed by atoms with E-state index >= 15 is 0 Å². The second-order valence-electron chi connectivity index (χ2n) is 5.68.